The lowest BCUT2D eigenvalue weighted by molar-refractivity contribution is 0.0702. The molecule has 0 fully saturated rings. The van der Waals surface area contributed by atoms with Gasteiger partial charge in [-0.3, -0.25) is 14.3 Å². The molecule has 1 amide bonds. The van der Waals surface area contributed by atoms with Gasteiger partial charge in [0, 0.05) is 36.4 Å². The Kier molecular flexibility index (Phi) is 4.73. The number of nitrogens with one attached hydrogen (secondary N) is 1. The number of amides is 1. The van der Waals surface area contributed by atoms with Crippen molar-refractivity contribution in [1.29, 1.82) is 0 Å². The van der Waals surface area contributed by atoms with Crippen LogP contribution in [-0.4, -0.2) is 36.7 Å². The Hall–Kier alpha value is -3.61. The number of carbonyl (C=O) groups excluding carboxylic acids is 1. The van der Waals surface area contributed by atoms with Crippen molar-refractivity contribution in [1.82, 2.24) is 24.2 Å². The lowest BCUT2D eigenvalue weighted by atomic mass is 10.1. The van der Waals surface area contributed by atoms with Crippen LogP contribution in [0.4, 0.5) is 0 Å². The summed E-state index contributed by atoms with van der Waals surface area (Å²) < 4.78 is 3.59. The largest absolute Gasteiger partial charge is 0.361 e. The summed E-state index contributed by atoms with van der Waals surface area (Å²) in [7, 11) is 0. The molecule has 158 valence electrons. The second-order valence-electron chi connectivity index (χ2n) is 8.21. The third-order valence-electron chi connectivity index (χ3n) is 6.09. The van der Waals surface area contributed by atoms with E-state index in [0.717, 1.165) is 22.5 Å². The average Bonchev–Trinajstić information content (AvgIpc) is 3.35. The smallest absolute Gasteiger partial charge is 0.263 e. The highest BCUT2D eigenvalue weighted by atomic mass is 16.2. The van der Waals surface area contributed by atoms with Gasteiger partial charge in [-0.2, -0.15) is 5.10 Å². The molecular formula is C24H25N5O2. The van der Waals surface area contributed by atoms with Gasteiger partial charge >= 0.3 is 0 Å². The number of benzene rings is 1. The van der Waals surface area contributed by atoms with Crippen molar-refractivity contribution in [3.8, 4) is 0 Å². The SMILES string of the molecule is Cc1cc2n(n1)CCN(C(=O)c1c(C)ccn(CCc3c[nH]c4ccccc34)c1=O)C2. The molecule has 4 heterocycles. The van der Waals surface area contributed by atoms with Crippen LogP contribution in [0, 0.1) is 13.8 Å². The highest BCUT2D eigenvalue weighted by Crippen LogP contribution is 2.19. The maximum Gasteiger partial charge on any atom is 0.263 e. The summed E-state index contributed by atoms with van der Waals surface area (Å²) in [6.45, 7) is 5.98. The quantitative estimate of drug-likeness (QED) is 0.557. The van der Waals surface area contributed by atoms with E-state index in [1.54, 1.807) is 15.7 Å². The molecule has 4 aromatic rings. The Morgan fingerprint density at radius 2 is 2.00 bits per heavy atom. The maximum absolute atomic E-state index is 13.3. The summed E-state index contributed by atoms with van der Waals surface area (Å²) in [6.07, 6.45) is 4.50. The summed E-state index contributed by atoms with van der Waals surface area (Å²) >= 11 is 0. The number of aryl methyl sites for hydroxylation is 4. The van der Waals surface area contributed by atoms with E-state index in [2.05, 4.69) is 16.1 Å². The molecule has 1 aliphatic heterocycles. The Morgan fingerprint density at radius 3 is 2.87 bits per heavy atom. The fourth-order valence-electron chi connectivity index (χ4n) is 4.42. The van der Waals surface area contributed by atoms with Gasteiger partial charge in [0.25, 0.3) is 11.5 Å². The number of fused-ring (bicyclic) bond motifs is 2. The highest BCUT2D eigenvalue weighted by Gasteiger charge is 2.26. The first-order valence-corrected chi connectivity index (χ1v) is 10.6. The molecule has 0 radical (unpaired) electrons. The molecule has 1 aromatic carbocycles. The van der Waals surface area contributed by atoms with Crippen LogP contribution >= 0.6 is 0 Å². The van der Waals surface area contributed by atoms with E-state index >= 15 is 0 Å². The van der Waals surface area contributed by atoms with Crippen LogP contribution in [0.15, 0.2) is 53.6 Å². The van der Waals surface area contributed by atoms with Crippen LogP contribution in [0.1, 0.15) is 32.9 Å². The first-order chi connectivity index (χ1) is 15.0. The zero-order chi connectivity index (χ0) is 21.5. The van der Waals surface area contributed by atoms with Crippen molar-refractivity contribution in [2.45, 2.75) is 39.9 Å². The van der Waals surface area contributed by atoms with Gasteiger partial charge in [0.15, 0.2) is 0 Å². The van der Waals surface area contributed by atoms with Crippen LogP contribution in [-0.2, 0) is 26.1 Å². The van der Waals surface area contributed by atoms with Gasteiger partial charge in [-0.05, 0) is 49.6 Å². The van der Waals surface area contributed by atoms with E-state index in [1.807, 2.05) is 55.1 Å². The zero-order valence-electron chi connectivity index (χ0n) is 17.8. The van der Waals surface area contributed by atoms with Crippen molar-refractivity contribution < 1.29 is 4.79 Å². The van der Waals surface area contributed by atoms with Gasteiger partial charge in [0.05, 0.1) is 24.5 Å². The second-order valence-corrected chi connectivity index (χ2v) is 8.21. The molecule has 1 aliphatic rings. The number of pyridine rings is 1. The highest BCUT2D eigenvalue weighted by molar-refractivity contribution is 5.95. The number of hydrogen-bond donors (Lipinski definition) is 1. The van der Waals surface area contributed by atoms with E-state index in [-0.39, 0.29) is 17.0 Å². The van der Waals surface area contributed by atoms with Crippen LogP contribution in [0.25, 0.3) is 10.9 Å². The molecule has 5 rings (SSSR count). The maximum atomic E-state index is 13.3. The summed E-state index contributed by atoms with van der Waals surface area (Å²) in [6, 6.07) is 12.0. The van der Waals surface area contributed by atoms with E-state index in [1.165, 1.54) is 5.39 Å². The molecule has 7 nitrogen and oxygen atoms in total. The number of aromatic nitrogens is 4. The first-order valence-electron chi connectivity index (χ1n) is 10.6. The average molecular weight is 415 g/mol. The third kappa shape index (κ3) is 3.46. The van der Waals surface area contributed by atoms with Gasteiger partial charge in [0.2, 0.25) is 0 Å². The van der Waals surface area contributed by atoms with Crippen LogP contribution < -0.4 is 5.56 Å². The molecule has 0 saturated heterocycles. The second kappa shape index (κ2) is 7.58. The molecule has 0 unspecified atom stereocenters. The van der Waals surface area contributed by atoms with Gasteiger partial charge in [-0.1, -0.05) is 18.2 Å². The van der Waals surface area contributed by atoms with Crippen LogP contribution in [0.2, 0.25) is 0 Å². The van der Waals surface area contributed by atoms with Gasteiger partial charge in [0.1, 0.15) is 5.56 Å². The van der Waals surface area contributed by atoms with E-state index in [0.29, 0.717) is 38.2 Å². The lowest BCUT2D eigenvalue weighted by Crippen LogP contribution is -2.42. The van der Waals surface area contributed by atoms with Crippen molar-refractivity contribution >= 4 is 16.8 Å². The van der Waals surface area contributed by atoms with Crippen LogP contribution in [0.3, 0.4) is 0 Å². The molecule has 0 atom stereocenters. The number of rotatable bonds is 4. The Balaban J connectivity index is 1.39. The minimum Gasteiger partial charge on any atom is -0.361 e. The molecule has 7 heteroatoms. The Morgan fingerprint density at radius 1 is 1.16 bits per heavy atom. The summed E-state index contributed by atoms with van der Waals surface area (Å²) in [5.41, 5.74) is 4.96. The fraction of sp³-hybridized carbons (Fsp3) is 0.292. The Labute approximate surface area is 179 Å². The van der Waals surface area contributed by atoms with Crippen molar-refractivity contribution in [3.63, 3.8) is 0 Å². The molecule has 0 saturated carbocycles. The minimum absolute atomic E-state index is 0.200. The predicted octanol–water partition coefficient (Wildman–Crippen LogP) is 3.04. The van der Waals surface area contributed by atoms with E-state index < -0.39 is 0 Å². The van der Waals surface area contributed by atoms with Crippen LogP contribution in [0.5, 0.6) is 0 Å². The molecular weight excluding hydrogens is 390 g/mol. The molecule has 3 aromatic heterocycles. The minimum atomic E-state index is -0.222. The number of aromatic amines is 1. The summed E-state index contributed by atoms with van der Waals surface area (Å²) in [4.78, 5) is 31.6. The van der Waals surface area contributed by atoms with E-state index in [9.17, 15) is 9.59 Å². The number of H-pyrrole nitrogens is 1. The molecule has 31 heavy (non-hydrogen) atoms. The van der Waals surface area contributed by atoms with Crippen molar-refractivity contribution in [3.05, 3.63) is 87.2 Å². The monoisotopic (exact) mass is 415 g/mol. The van der Waals surface area contributed by atoms with Gasteiger partial charge in [-0.15, -0.1) is 0 Å². The summed E-state index contributed by atoms with van der Waals surface area (Å²) in [5, 5.41) is 5.61. The van der Waals surface area contributed by atoms with Gasteiger partial charge in [-0.25, -0.2) is 0 Å². The molecule has 0 spiro atoms. The topological polar surface area (TPSA) is 75.9 Å². The van der Waals surface area contributed by atoms with Gasteiger partial charge < -0.3 is 14.5 Å². The number of carbonyl (C=O) groups is 1. The summed E-state index contributed by atoms with van der Waals surface area (Å²) in [5.74, 6) is -0.200. The normalized spacial score (nSPS) is 13.5. The van der Waals surface area contributed by atoms with E-state index in [4.69, 9.17) is 0 Å². The lowest BCUT2D eigenvalue weighted by Gasteiger charge is -2.28. The number of nitrogens with zero attached hydrogens (tertiary/aromatic N) is 4. The molecule has 0 aliphatic carbocycles. The predicted molar refractivity (Wildman–Crippen MR) is 119 cm³/mol. The number of para-hydroxylation sites is 1. The van der Waals surface area contributed by atoms with Crippen molar-refractivity contribution in [2.75, 3.05) is 6.54 Å². The number of hydrogen-bond acceptors (Lipinski definition) is 3. The standard InChI is InChI=1S/C24H25N5O2/c1-16-7-9-27(10-8-18-14-25-21-6-4-3-5-20(18)21)23(30)22(16)24(31)28-11-12-29-19(15-28)13-17(2)26-29/h3-7,9,13-14,25H,8,10-12,15H2,1-2H3. The molecule has 0 bridgehead atoms. The first kappa shape index (κ1) is 19.4. The molecule has 1 N–H and O–H groups in total. The van der Waals surface area contributed by atoms with Crippen molar-refractivity contribution in [2.24, 2.45) is 0 Å². The fourth-order valence-corrected chi connectivity index (χ4v) is 4.42. The Bertz CT molecular complexity index is 1340. The third-order valence-corrected chi connectivity index (χ3v) is 6.09. The zero-order valence-corrected chi connectivity index (χ0v) is 17.8.